The van der Waals surface area contributed by atoms with Gasteiger partial charge in [0.2, 0.25) is 10.0 Å². The normalized spacial score (nSPS) is 15.1. The number of carboxylic acid groups (broad SMARTS) is 1. The van der Waals surface area contributed by atoms with E-state index < -0.39 is 28.0 Å². The number of hydrogen-bond acceptors (Lipinski definition) is 7. The van der Waals surface area contributed by atoms with Gasteiger partial charge < -0.3 is 19.7 Å². The highest BCUT2D eigenvalue weighted by Gasteiger charge is 2.32. The van der Waals surface area contributed by atoms with Gasteiger partial charge in [-0.1, -0.05) is 11.6 Å². The molecular weight excluding hydrogens is 390 g/mol. The fourth-order valence-electron chi connectivity index (χ4n) is 3.15. The van der Waals surface area contributed by atoms with Crippen LogP contribution >= 0.6 is 0 Å². The van der Waals surface area contributed by atoms with Crippen LogP contribution in [0, 0.1) is 6.92 Å². The first-order chi connectivity index (χ1) is 13.0. The van der Waals surface area contributed by atoms with E-state index in [-0.39, 0.29) is 30.8 Å². The Morgan fingerprint density at radius 2 is 2.07 bits per heavy atom. The molecule has 0 spiro atoms. The number of methoxy groups -OCH3 is 1. The number of phenolic OH excluding ortho intramolecular Hbond substituents is 1. The van der Waals surface area contributed by atoms with Gasteiger partial charge in [-0.15, -0.1) is 0 Å². The van der Waals surface area contributed by atoms with Crippen LogP contribution in [0.4, 0.5) is 0 Å². The van der Waals surface area contributed by atoms with Gasteiger partial charge in [0, 0.05) is 11.1 Å². The molecule has 10 heteroatoms. The van der Waals surface area contributed by atoms with Gasteiger partial charge in [0.05, 0.1) is 13.4 Å². The summed E-state index contributed by atoms with van der Waals surface area (Å²) in [6.45, 7) is 3.48. The lowest BCUT2D eigenvalue weighted by Crippen LogP contribution is -2.40. The molecule has 0 aliphatic carbocycles. The number of esters is 1. The van der Waals surface area contributed by atoms with Crippen LogP contribution in [0.25, 0.3) is 0 Å². The second-order valence-corrected chi connectivity index (χ2v) is 8.43. The summed E-state index contributed by atoms with van der Waals surface area (Å²) in [4.78, 5) is 23.2. The molecule has 1 aliphatic rings. The molecule has 0 saturated carbocycles. The number of ether oxygens (including phenoxy) is 2. The van der Waals surface area contributed by atoms with Gasteiger partial charge in [-0.3, -0.25) is 4.79 Å². The molecule has 1 aliphatic heterocycles. The first-order valence-corrected chi connectivity index (χ1v) is 10.3. The molecule has 28 heavy (non-hydrogen) atoms. The van der Waals surface area contributed by atoms with Crippen molar-refractivity contribution >= 4 is 22.0 Å². The maximum absolute atomic E-state index is 11.9. The molecular formula is C18H23NO8S. The summed E-state index contributed by atoms with van der Waals surface area (Å²) in [5.41, 5.74) is 2.34. The number of carbonyl (C=O) groups excluding carboxylic acids is 1. The number of nitrogens with one attached hydrogen (secondary N) is 1. The maximum atomic E-state index is 11.9. The van der Waals surface area contributed by atoms with Crippen molar-refractivity contribution in [1.29, 1.82) is 0 Å². The number of aliphatic carboxylic acids is 1. The summed E-state index contributed by atoms with van der Waals surface area (Å²) < 4.78 is 35.1. The number of cyclic esters (lactones) is 1. The van der Waals surface area contributed by atoms with Gasteiger partial charge in [-0.05, 0) is 32.3 Å². The molecule has 0 amide bonds. The van der Waals surface area contributed by atoms with Crippen LogP contribution in [-0.4, -0.2) is 50.0 Å². The lowest BCUT2D eigenvalue weighted by Gasteiger charge is -2.16. The van der Waals surface area contributed by atoms with Crippen LogP contribution in [0.15, 0.2) is 11.6 Å². The number of rotatable bonds is 8. The smallest absolute Gasteiger partial charge is 0.342 e. The van der Waals surface area contributed by atoms with Crippen LogP contribution in [-0.2, 0) is 32.6 Å². The first kappa shape index (κ1) is 21.7. The summed E-state index contributed by atoms with van der Waals surface area (Å²) >= 11 is 0. The molecule has 2 rings (SSSR count). The van der Waals surface area contributed by atoms with E-state index in [2.05, 4.69) is 4.72 Å². The third-order valence-electron chi connectivity index (χ3n) is 4.48. The Kier molecular flexibility index (Phi) is 6.35. The molecule has 0 radical (unpaired) electrons. The molecule has 1 aromatic carbocycles. The van der Waals surface area contributed by atoms with Crippen LogP contribution in [0.2, 0.25) is 0 Å². The molecule has 1 atom stereocenters. The van der Waals surface area contributed by atoms with Crippen LogP contribution < -0.4 is 9.46 Å². The summed E-state index contributed by atoms with van der Waals surface area (Å²) in [6.07, 6.45) is 2.64. The van der Waals surface area contributed by atoms with E-state index in [9.17, 15) is 28.2 Å². The number of allylic oxidation sites excluding steroid dienone is 1. The molecule has 1 heterocycles. The van der Waals surface area contributed by atoms with Gasteiger partial charge in [-0.25, -0.2) is 17.9 Å². The zero-order chi connectivity index (χ0) is 21.2. The minimum atomic E-state index is -3.69. The second kappa shape index (κ2) is 8.19. The molecule has 9 nitrogen and oxygen atoms in total. The largest absolute Gasteiger partial charge is 0.507 e. The van der Waals surface area contributed by atoms with E-state index in [4.69, 9.17) is 9.47 Å². The predicted molar refractivity (Wildman–Crippen MR) is 100.0 cm³/mol. The van der Waals surface area contributed by atoms with Crippen LogP contribution in [0.1, 0.15) is 40.4 Å². The molecule has 1 aromatic rings. The fourth-order valence-corrected chi connectivity index (χ4v) is 3.85. The fraction of sp³-hybridized carbons (Fsp3) is 0.444. The molecule has 0 aromatic heterocycles. The highest BCUT2D eigenvalue weighted by atomic mass is 32.2. The number of carboxylic acids is 1. The minimum Gasteiger partial charge on any atom is -0.507 e. The number of aromatic hydroxyl groups is 1. The lowest BCUT2D eigenvalue weighted by molar-refractivity contribution is -0.138. The van der Waals surface area contributed by atoms with Crippen LogP contribution in [0.5, 0.6) is 11.5 Å². The Hall–Kier alpha value is -2.59. The minimum absolute atomic E-state index is 0.0581. The summed E-state index contributed by atoms with van der Waals surface area (Å²) in [6, 6.07) is -1.31. The second-order valence-electron chi connectivity index (χ2n) is 6.65. The highest BCUT2D eigenvalue weighted by molar-refractivity contribution is 7.88. The Balaban J connectivity index is 2.32. The number of fused-ring (bicyclic) bond motifs is 1. The van der Waals surface area contributed by atoms with E-state index in [0.717, 1.165) is 6.26 Å². The van der Waals surface area contributed by atoms with Gasteiger partial charge in [0.25, 0.3) is 0 Å². The third kappa shape index (κ3) is 4.63. The van der Waals surface area contributed by atoms with Crippen molar-refractivity contribution in [2.45, 2.75) is 39.3 Å². The van der Waals surface area contributed by atoms with E-state index in [1.807, 2.05) is 0 Å². The Morgan fingerprint density at radius 1 is 1.43 bits per heavy atom. The van der Waals surface area contributed by atoms with Crippen molar-refractivity contribution in [2.75, 3.05) is 13.4 Å². The Bertz CT molecular complexity index is 949. The number of phenols is 1. The predicted octanol–water partition coefficient (Wildman–Crippen LogP) is 1.26. The summed E-state index contributed by atoms with van der Waals surface area (Å²) in [5, 5.41) is 19.8. The van der Waals surface area contributed by atoms with Crippen molar-refractivity contribution in [3.05, 3.63) is 33.9 Å². The van der Waals surface area contributed by atoms with Crippen molar-refractivity contribution in [2.24, 2.45) is 0 Å². The molecule has 0 saturated heterocycles. The van der Waals surface area contributed by atoms with Gasteiger partial charge in [0.1, 0.15) is 29.7 Å². The van der Waals surface area contributed by atoms with Crippen molar-refractivity contribution in [1.82, 2.24) is 4.72 Å². The SMILES string of the molecule is COc1c(C)c2c(c(O)c1C/C=C(\C)CC(NS(C)(=O)=O)C(=O)O)C(=O)OC2. The Morgan fingerprint density at radius 3 is 2.61 bits per heavy atom. The van der Waals surface area contributed by atoms with E-state index in [0.29, 0.717) is 28.0 Å². The quantitative estimate of drug-likeness (QED) is 0.428. The van der Waals surface area contributed by atoms with Crippen LogP contribution in [0.3, 0.4) is 0 Å². The third-order valence-corrected chi connectivity index (χ3v) is 5.20. The Labute approximate surface area is 163 Å². The zero-order valence-electron chi connectivity index (χ0n) is 16.0. The van der Waals surface area contributed by atoms with Gasteiger partial charge >= 0.3 is 11.9 Å². The van der Waals surface area contributed by atoms with Crippen molar-refractivity contribution in [3.63, 3.8) is 0 Å². The standard InChI is InChI=1S/C18H23NO8S/c1-9(7-13(17(21)22)19-28(4,24)25)5-6-11-15(20)14-12(8-27-18(14)23)10(2)16(11)26-3/h5,13,19-20H,6-8H2,1-4H3,(H,21,22)/b9-5+. The molecule has 3 N–H and O–H groups in total. The van der Waals surface area contributed by atoms with Gasteiger partial charge in [0.15, 0.2) is 0 Å². The lowest BCUT2D eigenvalue weighted by atomic mass is 9.94. The molecule has 0 fully saturated rings. The number of benzene rings is 1. The van der Waals surface area contributed by atoms with E-state index in [1.54, 1.807) is 19.9 Å². The molecule has 154 valence electrons. The number of carbonyl (C=O) groups is 2. The number of hydrogen-bond donors (Lipinski definition) is 3. The first-order valence-electron chi connectivity index (χ1n) is 8.40. The maximum Gasteiger partial charge on any atom is 0.342 e. The topological polar surface area (TPSA) is 139 Å². The highest BCUT2D eigenvalue weighted by Crippen LogP contribution is 2.42. The zero-order valence-corrected chi connectivity index (χ0v) is 16.8. The van der Waals surface area contributed by atoms with Crippen molar-refractivity contribution in [3.8, 4) is 11.5 Å². The van der Waals surface area contributed by atoms with E-state index >= 15 is 0 Å². The van der Waals surface area contributed by atoms with Crippen molar-refractivity contribution < 1.29 is 37.7 Å². The molecule has 0 bridgehead atoms. The van der Waals surface area contributed by atoms with Gasteiger partial charge in [-0.2, -0.15) is 0 Å². The summed E-state index contributed by atoms with van der Waals surface area (Å²) in [5.74, 6) is -1.71. The number of sulfonamides is 1. The average molecular weight is 413 g/mol. The average Bonchev–Trinajstić information content (AvgIpc) is 2.97. The van der Waals surface area contributed by atoms with E-state index in [1.165, 1.54) is 7.11 Å². The monoisotopic (exact) mass is 413 g/mol. The molecule has 1 unspecified atom stereocenters. The summed E-state index contributed by atoms with van der Waals surface area (Å²) in [7, 11) is -2.24.